The Bertz CT molecular complexity index is 1680. The van der Waals surface area contributed by atoms with Gasteiger partial charge in [0.1, 0.15) is 0 Å². The molecule has 2 heterocycles. The maximum Gasteiger partial charge on any atom is 0.416 e. The molecule has 0 aliphatic heterocycles. The molecule has 1 amide bonds. The van der Waals surface area contributed by atoms with Crippen LogP contribution in [0.1, 0.15) is 76.1 Å². The Morgan fingerprint density at radius 1 is 0.957 bits per heavy atom. The van der Waals surface area contributed by atoms with E-state index in [-0.39, 0.29) is 22.8 Å². The van der Waals surface area contributed by atoms with Crippen LogP contribution in [0.25, 0.3) is 21.2 Å². The average Bonchev–Trinajstić information content (AvgIpc) is 3.41. The first-order valence-corrected chi connectivity index (χ1v) is 18.7. The molecule has 0 aliphatic carbocycles. The van der Waals surface area contributed by atoms with Crippen LogP contribution in [0.5, 0.6) is 0 Å². The predicted molar refractivity (Wildman–Crippen MR) is 177 cm³/mol. The monoisotopic (exact) mass is 675 g/mol. The molecule has 0 radical (unpaired) electrons. The fourth-order valence-corrected chi connectivity index (χ4v) is 7.65. The number of carbonyl (C=O) groups is 1. The van der Waals surface area contributed by atoms with Crippen molar-refractivity contribution >= 4 is 36.5 Å². The number of pyridine rings is 1. The molecule has 0 spiro atoms. The van der Waals surface area contributed by atoms with Gasteiger partial charge in [0.15, 0.2) is 8.32 Å². The van der Waals surface area contributed by atoms with Gasteiger partial charge in [0.05, 0.1) is 27.6 Å². The second-order valence-electron chi connectivity index (χ2n) is 14.3. The van der Waals surface area contributed by atoms with Crippen molar-refractivity contribution in [2.24, 2.45) is 5.41 Å². The van der Waals surface area contributed by atoms with Crippen LogP contribution >= 0.6 is 11.3 Å². The normalized spacial score (nSPS) is 15.0. The molecule has 2 N–H and O–H groups in total. The van der Waals surface area contributed by atoms with Gasteiger partial charge in [-0.2, -0.15) is 17.6 Å². The van der Waals surface area contributed by atoms with E-state index in [9.17, 15) is 27.5 Å². The third kappa shape index (κ3) is 8.32. The van der Waals surface area contributed by atoms with Gasteiger partial charge in [0.2, 0.25) is 5.95 Å². The largest absolute Gasteiger partial charge is 0.465 e. The summed E-state index contributed by atoms with van der Waals surface area (Å²) in [5.74, 6) is -0.827. The SMILES string of the molecule is CC(C)(C)C(C[C@@H](NC(=O)O)[C@H](O[Si](C)(C)C(C)(C)C)c1ccc(C(F)(F)F)cc1)c1ncc(-c2ccc3cnc(F)cc3c2)s1. The fraction of sp³-hybridized carbons (Fsp3) is 0.441. The Kier molecular flexibility index (Phi) is 10.1. The van der Waals surface area contributed by atoms with Gasteiger partial charge in [0, 0.05) is 29.8 Å². The minimum atomic E-state index is -4.51. The maximum absolute atomic E-state index is 13.8. The Labute approximate surface area is 272 Å². The second kappa shape index (κ2) is 13.0. The Morgan fingerprint density at radius 2 is 1.61 bits per heavy atom. The summed E-state index contributed by atoms with van der Waals surface area (Å²) in [6, 6.07) is 11.0. The number of hydrogen-bond donors (Lipinski definition) is 2. The summed E-state index contributed by atoms with van der Waals surface area (Å²) in [6.07, 6.45) is -3.10. The number of rotatable bonds is 9. The number of carboxylic acid groups (broad SMARTS) is 1. The van der Waals surface area contributed by atoms with E-state index < -0.39 is 44.2 Å². The van der Waals surface area contributed by atoms with Crippen LogP contribution in [0.3, 0.4) is 0 Å². The topological polar surface area (TPSA) is 84.3 Å². The van der Waals surface area contributed by atoms with E-state index in [0.717, 1.165) is 33.0 Å². The molecule has 0 saturated heterocycles. The van der Waals surface area contributed by atoms with Crippen LogP contribution in [-0.4, -0.2) is 35.5 Å². The first kappa shape index (κ1) is 35.5. The third-order valence-electron chi connectivity index (χ3n) is 8.80. The first-order chi connectivity index (χ1) is 21.2. The van der Waals surface area contributed by atoms with Crippen molar-refractivity contribution in [3.8, 4) is 10.4 Å². The molecule has 0 fully saturated rings. The zero-order chi connectivity index (χ0) is 34.2. The number of aromatic nitrogens is 2. The summed E-state index contributed by atoms with van der Waals surface area (Å²) in [6.45, 7) is 16.3. The standard InChI is InChI=1S/C34H41F4N3O3SSi/c1-32(2,3)25(30-40-19-27(45-30)21-9-10-22-18-39-28(35)16-23(22)15-21)17-26(41-31(42)43)29(44-46(7,8)33(4,5)6)20-11-13-24(14-12-20)34(36,37)38/h9-16,18-19,25-26,29,41H,17H2,1-8H3,(H,42,43)/t25?,26-,29-/m1/s1. The molecule has 46 heavy (non-hydrogen) atoms. The number of halogens is 4. The number of hydrogen-bond acceptors (Lipinski definition) is 5. The highest BCUT2D eigenvalue weighted by Gasteiger charge is 2.43. The molecule has 3 atom stereocenters. The lowest BCUT2D eigenvalue weighted by atomic mass is 9.76. The van der Waals surface area contributed by atoms with E-state index in [0.29, 0.717) is 10.9 Å². The predicted octanol–water partition coefficient (Wildman–Crippen LogP) is 10.4. The van der Waals surface area contributed by atoms with Crippen LogP contribution in [0.4, 0.5) is 22.4 Å². The summed E-state index contributed by atoms with van der Waals surface area (Å²) in [5.41, 5.74) is 0.147. The van der Waals surface area contributed by atoms with Crippen LogP contribution in [0.2, 0.25) is 18.1 Å². The molecule has 0 aliphatic rings. The Balaban J connectivity index is 1.76. The van der Waals surface area contributed by atoms with Gasteiger partial charge in [-0.15, -0.1) is 11.3 Å². The molecule has 12 heteroatoms. The number of alkyl halides is 3. The van der Waals surface area contributed by atoms with Crippen molar-refractivity contribution in [2.45, 2.75) is 90.3 Å². The highest BCUT2D eigenvalue weighted by atomic mass is 32.1. The van der Waals surface area contributed by atoms with Gasteiger partial charge in [-0.25, -0.2) is 14.8 Å². The van der Waals surface area contributed by atoms with E-state index in [2.05, 4.69) is 31.1 Å². The van der Waals surface area contributed by atoms with Crippen molar-refractivity contribution in [2.75, 3.05) is 0 Å². The van der Waals surface area contributed by atoms with Gasteiger partial charge < -0.3 is 14.8 Å². The van der Waals surface area contributed by atoms with Crippen LogP contribution in [0.15, 0.2) is 60.9 Å². The lowest BCUT2D eigenvalue weighted by Gasteiger charge is -2.43. The molecule has 4 aromatic rings. The Morgan fingerprint density at radius 3 is 2.17 bits per heavy atom. The van der Waals surface area contributed by atoms with E-state index in [1.807, 2.05) is 52.1 Å². The molecular formula is C34H41F4N3O3SSi. The van der Waals surface area contributed by atoms with Gasteiger partial charge in [-0.1, -0.05) is 65.8 Å². The van der Waals surface area contributed by atoms with Crippen molar-refractivity contribution in [1.29, 1.82) is 0 Å². The first-order valence-electron chi connectivity index (χ1n) is 15.0. The van der Waals surface area contributed by atoms with E-state index in [4.69, 9.17) is 9.41 Å². The van der Waals surface area contributed by atoms with Crippen molar-refractivity contribution in [3.63, 3.8) is 0 Å². The third-order valence-corrected chi connectivity index (χ3v) is 14.4. The fourth-order valence-electron chi connectivity index (χ4n) is 5.08. The molecule has 0 bridgehead atoms. The van der Waals surface area contributed by atoms with Crippen LogP contribution in [-0.2, 0) is 10.6 Å². The molecule has 1 unspecified atom stereocenters. The smallest absolute Gasteiger partial charge is 0.416 e. The maximum atomic E-state index is 13.8. The zero-order valence-corrected chi connectivity index (χ0v) is 29.1. The lowest BCUT2D eigenvalue weighted by molar-refractivity contribution is -0.137. The van der Waals surface area contributed by atoms with E-state index in [1.165, 1.54) is 35.7 Å². The number of benzene rings is 2. The quantitative estimate of drug-likeness (QED) is 0.105. The number of nitrogens with zero attached hydrogens (tertiary/aromatic N) is 2. The highest BCUT2D eigenvalue weighted by molar-refractivity contribution is 7.15. The zero-order valence-electron chi connectivity index (χ0n) is 27.3. The Hall–Kier alpha value is -3.35. The molecule has 6 nitrogen and oxygen atoms in total. The molecule has 0 saturated carbocycles. The van der Waals surface area contributed by atoms with E-state index in [1.54, 1.807) is 6.20 Å². The van der Waals surface area contributed by atoms with Gasteiger partial charge in [0.25, 0.3) is 0 Å². The number of amides is 1. The molecule has 2 aromatic carbocycles. The summed E-state index contributed by atoms with van der Waals surface area (Å²) in [7, 11) is -2.56. The van der Waals surface area contributed by atoms with E-state index >= 15 is 0 Å². The molecule has 248 valence electrons. The lowest BCUT2D eigenvalue weighted by Crippen LogP contribution is -2.48. The second-order valence-corrected chi connectivity index (χ2v) is 20.1. The number of thiazole rings is 1. The van der Waals surface area contributed by atoms with Gasteiger partial charge in [-0.3, -0.25) is 0 Å². The van der Waals surface area contributed by atoms with Crippen molar-refractivity contribution < 1.29 is 31.9 Å². The minimum Gasteiger partial charge on any atom is -0.465 e. The average molecular weight is 676 g/mol. The van der Waals surface area contributed by atoms with Gasteiger partial charge >= 0.3 is 12.3 Å². The summed E-state index contributed by atoms with van der Waals surface area (Å²) >= 11 is 1.47. The van der Waals surface area contributed by atoms with Crippen molar-refractivity contribution in [3.05, 3.63) is 83.0 Å². The highest BCUT2D eigenvalue weighted by Crippen LogP contribution is 2.46. The van der Waals surface area contributed by atoms with Crippen molar-refractivity contribution in [1.82, 2.24) is 15.3 Å². The molecular weight excluding hydrogens is 635 g/mol. The molecule has 2 aromatic heterocycles. The summed E-state index contributed by atoms with van der Waals surface area (Å²) in [5, 5.41) is 14.7. The summed E-state index contributed by atoms with van der Waals surface area (Å²) < 4.78 is 61.0. The van der Waals surface area contributed by atoms with Crippen LogP contribution < -0.4 is 5.32 Å². The number of fused-ring (bicyclic) bond motifs is 1. The number of nitrogens with one attached hydrogen (secondary N) is 1. The minimum absolute atomic E-state index is 0.253. The molecule has 4 rings (SSSR count). The van der Waals surface area contributed by atoms with Crippen LogP contribution in [0, 0.1) is 11.4 Å². The summed E-state index contributed by atoms with van der Waals surface area (Å²) in [4.78, 5) is 21.6. The van der Waals surface area contributed by atoms with Gasteiger partial charge in [-0.05, 0) is 64.7 Å².